The topological polar surface area (TPSA) is 55.4 Å². The molecule has 0 rings (SSSR count). The second kappa shape index (κ2) is 19.7. The van der Waals surface area contributed by atoms with E-state index < -0.39 is 32.2 Å². The molecule has 228 valence electrons. The molecule has 0 N–H and O–H groups in total. The summed E-state index contributed by atoms with van der Waals surface area (Å²) in [5.41, 5.74) is 0. The van der Waals surface area contributed by atoms with Crippen LogP contribution in [-0.4, -0.2) is 86.4 Å². The summed E-state index contributed by atoms with van der Waals surface area (Å²) >= 11 is 12.4. The largest absolute Gasteiger partial charge is 0.500 e. The number of hydrogen-bond donors (Lipinski definition) is 1. The van der Waals surface area contributed by atoms with Gasteiger partial charge < -0.3 is 26.6 Å². The van der Waals surface area contributed by atoms with E-state index in [4.69, 9.17) is 37.6 Å². The van der Waals surface area contributed by atoms with Crippen LogP contribution < -0.4 is 0 Å². The fourth-order valence-electron chi connectivity index (χ4n) is 2.24. The molecule has 0 aromatic heterocycles. The number of halogens is 1. The van der Waals surface area contributed by atoms with Crippen LogP contribution in [0.4, 0.5) is 0 Å². The van der Waals surface area contributed by atoms with E-state index in [1.54, 1.807) is 42.7 Å². The molecular weight excluding hydrogens is 596 g/mol. The van der Waals surface area contributed by atoms with Gasteiger partial charge in [-0.1, -0.05) is 67.7 Å². The highest BCUT2D eigenvalue weighted by molar-refractivity contribution is 8.29. The molecule has 0 aliphatic rings. The Kier molecular flexibility index (Phi) is 22.9. The van der Waals surface area contributed by atoms with Gasteiger partial charge in [-0.2, -0.15) is 34.9 Å². The van der Waals surface area contributed by atoms with Crippen LogP contribution in [0.5, 0.6) is 0 Å². The fourth-order valence-corrected chi connectivity index (χ4v) is 10.9. The molecule has 0 saturated heterocycles. The van der Waals surface area contributed by atoms with Crippen molar-refractivity contribution in [3.8, 4) is 0 Å². The molecule has 0 unspecified atom stereocenters. The lowest BCUT2D eigenvalue weighted by Crippen LogP contribution is -2.42. The van der Waals surface area contributed by atoms with Crippen molar-refractivity contribution in [1.82, 2.24) is 0 Å². The smallest absolute Gasteiger partial charge is 0.377 e. The predicted octanol–water partition coefficient (Wildman–Crippen LogP) is 8.41. The van der Waals surface area contributed by atoms with Crippen LogP contribution in [0.1, 0.15) is 54.4 Å². The Morgan fingerprint density at radius 3 is 1.14 bits per heavy atom. The zero-order valence-corrected chi connectivity index (χ0v) is 33.4. The molecule has 0 aliphatic heterocycles. The van der Waals surface area contributed by atoms with Crippen LogP contribution in [0.15, 0.2) is 0 Å². The molecule has 0 bridgehead atoms. The summed E-state index contributed by atoms with van der Waals surface area (Å²) in [6, 6.07) is 1.73. The fraction of sp³-hybridized carbons (Fsp3) is 1.00. The monoisotopic (exact) mass is 656 g/mol. The molecule has 0 radical (unpaired) electrons. The molecule has 0 fully saturated rings. The molecule has 13 heteroatoms. The van der Waals surface area contributed by atoms with Crippen LogP contribution >= 0.6 is 34.9 Å². The van der Waals surface area contributed by atoms with Crippen LogP contribution in [0.3, 0.4) is 0 Å². The van der Waals surface area contributed by atoms with E-state index in [2.05, 4.69) is 91.6 Å². The van der Waals surface area contributed by atoms with Crippen molar-refractivity contribution >= 4 is 67.1 Å². The summed E-state index contributed by atoms with van der Waals surface area (Å²) in [5.74, 6) is 2.01. The van der Waals surface area contributed by atoms with Crippen LogP contribution in [0, 0.1) is 0 Å². The molecule has 0 atom stereocenters. The van der Waals surface area contributed by atoms with Crippen molar-refractivity contribution in [3.63, 3.8) is 0 Å². The molecule has 0 aromatic carbocycles. The predicted molar refractivity (Wildman–Crippen MR) is 179 cm³/mol. The van der Waals surface area contributed by atoms with Gasteiger partial charge in [0, 0.05) is 54.7 Å². The lowest BCUT2D eigenvalue weighted by Gasteiger charge is -2.36. The van der Waals surface area contributed by atoms with Gasteiger partial charge in [-0.25, -0.2) is 0 Å². The van der Waals surface area contributed by atoms with E-state index >= 15 is 0 Å². The first-order valence-corrected chi connectivity index (χ1v) is 26.1. The summed E-state index contributed by atoms with van der Waals surface area (Å²) < 4.78 is 31.9. The SMILES string of the molecule is CC(C)(C)[Si](C)(C)Cl.CO[Si](CCCS)(OC)OC.CO[Si](CCCS[Si](C)(C)C(C)(C)C)(OC)OC. The number of hydrogen-bond acceptors (Lipinski definition) is 8. The van der Waals surface area contributed by atoms with Crippen LogP contribution in [0.2, 0.25) is 48.4 Å². The second-order valence-corrected chi connectivity index (χ2v) is 34.9. The normalized spacial score (nSPS) is 13.5. The van der Waals surface area contributed by atoms with Crippen molar-refractivity contribution in [3.05, 3.63) is 0 Å². The third-order valence-electron chi connectivity index (χ3n) is 7.19. The van der Waals surface area contributed by atoms with Crippen molar-refractivity contribution in [2.45, 2.75) is 103 Å². The molecule has 0 amide bonds. The van der Waals surface area contributed by atoms with Crippen molar-refractivity contribution in [1.29, 1.82) is 0 Å². The summed E-state index contributed by atoms with van der Waals surface area (Å²) in [4.78, 5) is 0. The Bertz CT molecular complexity index is 530. The lowest BCUT2D eigenvalue weighted by atomic mass is 10.2. The highest BCUT2D eigenvalue weighted by Gasteiger charge is 2.39. The van der Waals surface area contributed by atoms with Gasteiger partial charge in [0.1, 0.15) is 7.22 Å². The molecule has 0 heterocycles. The van der Waals surface area contributed by atoms with E-state index in [1.165, 1.54) is 5.75 Å². The van der Waals surface area contributed by atoms with Crippen LogP contribution in [-0.2, 0) is 26.6 Å². The minimum atomic E-state index is -2.36. The van der Waals surface area contributed by atoms with Gasteiger partial charge in [0.15, 0.2) is 7.38 Å². The maximum Gasteiger partial charge on any atom is 0.500 e. The van der Waals surface area contributed by atoms with Crippen molar-refractivity contribution in [2.75, 3.05) is 54.2 Å². The zero-order valence-electron chi connectivity index (χ0n) is 26.9. The van der Waals surface area contributed by atoms with Gasteiger partial charge in [-0.3, -0.25) is 0 Å². The Balaban J connectivity index is -0.000000517. The first kappa shape index (κ1) is 43.1. The van der Waals surface area contributed by atoms with E-state index in [0.717, 1.165) is 30.7 Å². The summed E-state index contributed by atoms with van der Waals surface area (Å²) in [6.45, 7) is 22.9. The second-order valence-electron chi connectivity index (χ2n) is 11.9. The molecule has 0 aromatic rings. The van der Waals surface area contributed by atoms with Gasteiger partial charge in [-0.15, -0.1) is 0 Å². The average molecular weight is 658 g/mol. The van der Waals surface area contributed by atoms with Gasteiger partial charge >= 0.3 is 17.6 Å². The summed E-state index contributed by atoms with van der Waals surface area (Å²) in [5, 5.41) is 0.782. The first-order valence-electron chi connectivity index (χ1n) is 12.9. The molecule has 6 nitrogen and oxygen atoms in total. The van der Waals surface area contributed by atoms with E-state index in [-0.39, 0.29) is 0 Å². The van der Waals surface area contributed by atoms with E-state index in [9.17, 15) is 0 Å². The molecule has 0 aliphatic carbocycles. The minimum Gasteiger partial charge on any atom is -0.377 e. The highest BCUT2D eigenvalue weighted by atomic mass is 35.6. The summed E-state index contributed by atoms with van der Waals surface area (Å²) in [6.07, 6.45) is 2.06. The highest BCUT2D eigenvalue weighted by Crippen LogP contribution is 2.43. The average Bonchev–Trinajstić information content (AvgIpc) is 2.80. The Morgan fingerprint density at radius 2 is 0.919 bits per heavy atom. The van der Waals surface area contributed by atoms with Gasteiger partial charge in [0.25, 0.3) is 0 Å². The van der Waals surface area contributed by atoms with E-state index in [1.807, 2.05) is 0 Å². The first-order chi connectivity index (χ1) is 16.6. The van der Waals surface area contributed by atoms with Gasteiger partial charge in [0.2, 0.25) is 0 Å². The Hall–Kier alpha value is 1.62. The summed E-state index contributed by atoms with van der Waals surface area (Å²) in [7, 11) is 2.66. The lowest BCUT2D eigenvalue weighted by molar-refractivity contribution is 0.123. The molecule has 0 spiro atoms. The van der Waals surface area contributed by atoms with Gasteiger partial charge in [-0.05, 0) is 34.4 Å². The third kappa shape index (κ3) is 17.9. The maximum absolute atomic E-state index is 6.15. The third-order valence-corrected chi connectivity index (χ3v) is 27.9. The number of rotatable bonds is 14. The maximum atomic E-state index is 6.15. The molecular formula is C24H61ClO6S2Si4. The van der Waals surface area contributed by atoms with E-state index in [0.29, 0.717) is 10.1 Å². The number of thiol groups is 1. The Labute approximate surface area is 249 Å². The van der Waals surface area contributed by atoms with Gasteiger partial charge in [0.05, 0.1) is 0 Å². The Morgan fingerprint density at radius 1 is 0.622 bits per heavy atom. The van der Waals surface area contributed by atoms with Crippen molar-refractivity contribution in [2.24, 2.45) is 0 Å². The quantitative estimate of drug-likeness (QED) is 0.0872. The van der Waals surface area contributed by atoms with Crippen LogP contribution in [0.25, 0.3) is 0 Å². The molecule has 0 saturated carbocycles. The molecule has 37 heavy (non-hydrogen) atoms. The standard InChI is InChI=1S/C12H30O3SSi2.C6H15ClSi.C6H16O3SSi/c1-12(2,3)17(7,8)16-10-9-11-18(13-4,14-5)15-6;1-6(2,3)8(4,5)7;1-7-11(8-2,9-3)6-4-5-10/h9-11H2,1-8H3;1-5H3;10H,4-6H2,1-3H3. The van der Waals surface area contributed by atoms with Crippen molar-refractivity contribution < 1.29 is 26.6 Å². The minimum absolute atomic E-state index is 0.342. The zero-order chi connectivity index (χ0) is 30.2.